The maximum absolute atomic E-state index is 12.5. The Kier molecular flexibility index (Phi) is 8.89. The number of aliphatic imine (C=N–C) groups is 1. The summed E-state index contributed by atoms with van der Waals surface area (Å²) in [5.74, 6) is 0.710. The van der Waals surface area contributed by atoms with Crippen molar-refractivity contribution in [2.45, 2.75) is 39.0 Å². The summed E-state index contributed by atoms with van der Waals surface area (Å²) < 4.78 is 37.5. The lowest BCUT2D eigenvalue weighted by Crippen LogP contribution is -2.45. The van der Waals surface area contributed by atoms with E-state index in [1.165, 1.54) is 4.90 Å². The van der Waals surface area contributed by atoms with E-state index in [-0.39, 0.29) is 30.0 Å². The third-order valence-electron chi connectivity index (χ3n) is 3.74. The first-order chi connectivity index (χ1) is 11.3. The average Bonchev–Trinajstić information content (AvgIpc) is 3.06. The Labute approximate surface area is 167 Å². The highest BCUT2D eigenvalue weighted by Crippen LogP contribution is 2.20. The standard InChI is InChI=1S/C15H24F3N5S.HI/c1-4-19-14(22(3)7-13-9-24-11(2)20-13)21-12-5-6-23(8-12)10-15(16,17)18;/h9,12H,4-8,10H2,1-3H3,(H,19,21);1H. The average molecular weight is 491 g/mol. The number of alkyl halides is 3. The first-order valence-electron chi connectivity index (χ1n) is 7.99. The highest BCUT2D eigenvalue weighted by atomic mass is 127. The van der Waals surface area contributed by atoms with Crippen molar-refractivity contribution in [1.29, 1.82) is 0 Å². The first-order valence-corrected chi connectivity index (χ1v) is 8.87. The number of likely N-dealkylation sites (tertiary alicyclic amines) is 1. The van der Waals surface area contributed by atoms with Gasteiger partial charge < -0.3 is 10.2 Å². The molecule has 0 spiro atoms. The van der Waals surface area contributed by atoms with Crippen molar-refractivity contribution in [2.24, 2.45) is 4.99 Å². The molecule has 0 radical (unpaired) electrons. The summed E-state index contributed by atoms with van der Waals surface area (Å²) in [6.45, 7) is 5.11. The Hall–Kier alpha value is -0.620. The van der Waals surface area contributed by atoms with E-state index in [0.717, 1.165) is 10.7 Å². The van der Waals surface area contributed by atoms with Crippen LogP contribution in [0, 0.1) is 6.92 Å². The highest BCUT2D eigenvalue weighted by Gasteiger charge is 2.34. The molecular weight excluding hydrogens is 466 g/mol. The second-order valence-corrected chi connectivity index (χ2v) is 7.05. The molecule has 0 saturated carbocycles. The van der Waals surface area contributed by atoms with Gasteiger partial charge in [0.15, 0.2) is 5.96 Å². The minimum Gasteiger partial charge on any atom is -0.352 e. The molecule has 1 saturated heterocycles. The van der Waals surface area contributed by atoms with E-state index in [1.807, 2.05) is 31.2 Å². The minimum absolute atomic E-state index is 0. The predicted octanol–water partition coefficient (Wildman–Crippen LogP) is 3.10. The van der Waals surface area contributed by atoms with E-state index in [2.05, 4.69) is 15.3 Å². The van der Waals surface area contributed by atoms with Crippen LogP contribution in [0.2, 0.25) is 0 Å². The van der Waals surface area contributed by atoms with Gasteiger partial charge in [-0.05, 0) is 20.3 Å². The van der Waals surface area contributed by atoms with Crippen molar-refractivity contribution >= 4 is 41.3 Å². The number of nitrogens with zero attached hydrogens (tertiary/aromatic N) is 4. The van der Waals surface area contributed by atoms with Gasteiger partial charge >= 0.3 is 6.18 Å². The summed E-state index contributed by atoms with van der Waals surface area (Å²) in [5, 5.41) is 6.32. The molecule has 25 heavy (non-hydrogen) atoms. The lowest BCUT2D eigenvalue weighted by Gasteiger charge is -2.25. The number of aryl methyl sites for hydroxylation is 1. The summed E-state index contributed by atoms with van der Waals surface area (Å²) in [7, 11) is 1.92. The third-order valence-corrected chi connectivity index (χ3v) is 4.57. The van der Waals surface area contributed by atoms with Gasteiger partial charge in [0, 0.05) is 38.1 Å². The van der Waals surface area contributed by atoms with Gasteiger partial charge in [0.05, 0.1) is 23.8 Å². The maximum Gasteiger partial charge on any atom is 0.401 e. The number of aromatic nitrogens is 1. The molecule has 1 aliphatic rings. The lowest BCUT2D eigenvalue weighted by atomic mass is 10.3. The van der Waals surface area contributed by atoms with Crippen LogP contribution in [0.15, 0.2) is 10.4 Å². The molecule has 144 valence electrons. The van der Waals surface area contributed by atoms with Crippen molar-refractivity contribution in [2.75, 3.05) is 33.2 Å². The highest BCUT2D eigenvalue weighted by molar-refractivity contribution is 14.0. The Morgan fingerprint density at radius 3 is 2.80 bits per heavy atom. The Morgan fingerprint density at radius 1 is 1.52 bits per heavy atom. The summed E-state index contributed by atoms with van der Waals surface area (Å²) in [4.78, 5) is 12.3. The molecule has 2 heterocycles. The quantitative estimate of drug-likeness (QED) is 0.391. The molecule has 2 rings (SSSR count). The molecule has 10 heteroatoms. The van der Waals surface area contributed by atoms with Gasteiger partial charge in [-0.25, -0.2) is 4.98 Å². The number of nitrogens with one attached hydrogen (secondary N) is 1. The first kappa shape index (κ1) is 22.4. The Bertz CT molecular complexity index is 564. The number of guanidine groups is 1. The normalized spacial score (nSPS) is 19.0. The molecule has 5 nitrogen and oxygen atoms in total. The van der Waals surface area contributed by atoms with E-state index in [1.54, 1.807) is 11.3 Å². The molecule has 1 unspecified atom stereocenters. The van der Waals surface area contributed by atoms with Crippen LogP contribution in [0.25, 0.3) is 0 Å². The molecule has 1 atom stereocenters. The van der Waals surface area contributed by atoms with Crippen LogP contribution >= 0.6 is 35.3 Å². The van der Waals surface area contributed by atoms with Gasteiger partial charge in [-0.2, -0.15) is 13.2 Å². The number of hydrogen-bond acceptors (Lipinski definition) is 4. The van der Waals surface area contributed by atoms with Crippen LogP contribution in [-0.2, 0) is 6.54 Å². The molecular formula is C15H25F3IN5S. The van der Waals surface area contributed by atoms with Gasteiger partial charge in [0.1, 0.15) is 0 Å². The molecule has 1 N–H and O–H groups in total. The molecule has 0 bridgehead atoms. The zero-order valence-corrected chi connectivity index (χ0v) is 17.8. The second-order valence-electron chi connectivity index (χ2n) is 5.99. The Morgan fingerprint density at radius 2 is 2.24 bits per heavy atom. The zero-order valence-electron chi connectivity index (χ0n) is 14.6. The van der Waals surface area contributed by atoms with Gasteiger partial charge in [-0.1, -0.05) is 0 Å². The fraction of sp³-hybridized carbons (Fsp3) is 0.733. The zero-order chi connectivity index (χ0) is 17.7. The van der Waals surface area contributed by atoms with E-state index in [4.69, 9.17) is 0 Å². The lowest BCUT2D eigenvalue weighted by molar-refractivity contribution is -0.143. The number of rotatable bonds is 5. The number of hydrogen-bond donors (Lipinski definition) is 1. The summed E-state index contributed by atoms with van der Waals surface area (Å²) in [5.41, 5.74) is 0.968. The van der Waals surface area contributed by atoms with Crippen LogP contribution in [0.4, 0.5) is 13.2 Å². The molecule has 0 amide bonds. The number of thiazole rings is 1. The van der Waals surface area contributed by atoms with Gasteiger partial charge in [0.2, 0.25) is 0 Å². The monoisotopic (exact) mass is 491 g/mol. The fourth-order valence-electron chi connectivity index (χ4n) is 2.76. The van der Waals surface area contributed by atoms with Crippen molar-refractivity contribution in [3.05, 3.63) is 16.1 Å². The van der Waals surface area contributed by atoms with E-state index in [9.17, 15) is 13.2 Å². The van der Waals surface area contributed by atoms with Crippen LogP contribution in [0.5, 0.6) is 0 Å². The maximum atomic E-state index is 12.5. The molecule has 1 aromatic heterocycles. The fourth-order valence-corrected chi connectivity index (χ4v) is 3.36. The van der Waals surface area contributed by atoms with Gasteiger partial charge in [0.25, 0.3) is 0 Å². The van der Waals surface area contributed by atoms with Crippen molar-refractivity contribution in [3.63, 3.8) is 0 Å². The molecule has 0 aromatic carbocycles. The van der Waals surface area contributed by atoms with Crippen LogP contribution < -0.4 is 5.32 Å². The molecule has 1 fully saturated rings. The summed E-state index contributed by atoms with van der Waals surface area (Å²) >= 11 is 1.60. The summed E-state index contributed by atoms with van der Waals surface area (Å²) in [6.07, 6.45) is -3.46. The van der Waals surface area contributed by atoms with E-state index >= 15 is 0 Å². The smallest absolute Gasteiger partial charge is 0.352 e. The van der Waals surface area contributed by atoms with Crippen LogP contribution in [0.3, 0.4) is 0 Å². The van der Waals surface area contributed by atoms with Crippen LogP contribution in [0.1, 0.15) is 24.0 Å². The summed E-state index contributed by atoms with van der Waals surface area (Å²) in [6, 6.07) is -0.0164. The molecule has 1 aromatic rings. The molecule has 0 aliphatic carbocycles. The van der Waals surface area contributed by atoms with Crippen molar-refractivity contribution in [3.8, 4) is 0 Å². The van der Waals surface area contributed by atoms with Gasteiger partial charge in [-0.3, -0.25) is 9.89 Å². The van der Waals surface area contributed by atoms with Crippen molar-refractivity contribution < 1.29 is 13.2 Å². The Balaban J connectivity index is 0.00000312. The van der Waals surface area contributed by atoms with E-state index < -0.39 is 12.7 Å². The second kappa shape index (κ2) is 9.91. The van der Waals surface area contributed by atoms with Crippen molar-refractivity contribution in [1.82, 2.24) is 20.1 Å². The minimum atomic E-state index is -4.14. The number of halogens is 4. The van der Waals surface area contributed by atoms with Gasteiger partial charge in [-0.15, -0.1) is 35.3 Å². The van der Waals surface area contributed by atoms with E-state index in [0.29, 0.717) is 38.6 Å². The largest absolute Gasteiger partial charge is 0.401 e. The van der Waals surface area contributed by atoms with Crippen LogP contribution in [-0.4, -0.2) is 66.2 Å². The molecule has 1 aliphatic heterocycles. The third kappa shape index (κ3) is 7.65. The SMILES string of the molecule is CCN=C(NC1CCN(CC(F)(F)F)C1)N(C)Cc1csc(C)n1.I. The topological polar surface area (TPSA) is 43.8 Å². The predicted molar refractivity (Wildman–Crippen MR) is 106 cm³/mol.